The van der Waals surface area contributed by atoms with E-state index in [1.54, 1.807) is 33.4 Å². The molecule has 1 fully saturated rings. The summed E-state index contributed by atoms with van der Waals surface area (Å²) in [5.41, 5.74) is 12.9. The van der Waals surface area contributed by atoms with Crippen molar-refractivity contribution in [2.45, 2.75) is 88.0 Å². The van der Waals surface area contributed by atoms with Gasteiger partial charge in [-0.1, -0.05) is 0 Å². The van der Waals surface area contributed by atoms with E-state index in [2.05, 4.69) is 129 Å². The molecule has 0 bridgehead atoms. The van der Waals surface area contributed by atoms with Crippen LogP contribution in [0.2, 0.25) is 23.2 Å². The van der Waals surface area contributed by atoms with Gasteiger partial charge in [0.2, 0.25) is 0 Å². The van der Waals surface area contributed by atoms with Crippen LogP contribution in [-0.2, 0) is 26.0 Å². The van der Waals surface area contributed by atoms with E-state index >= 15 is 0 Å². The Balaban J connectivity index is 1.94. The predicted octanol–water partition coefficient (Wildman–Crippen LogP) is 10.0. The van der Waals surface area contributed by atoms with Crippen LogP contribution in [0.3, 0.4) is 0 Å². The van der Waals surface area contributed by atoms with Crippen LogP contribution in [0.1, 0.15) is 66.5 Å². The molecule has 3 aliphatic rings. The summed E-state index contributed by atoms with van der Waals surface area (Å²) in [6.45, 7) is 25.7. The van der Waals surface area contributed by atoms with Crippen molar-refractivity contribution in [2.24, 2.45) is 0 Å². The predicted molar refractivity (Wildman–Crippen MR) is 157 cm³/mol. The van der Waals surface area contributed by atoms with Crippen molar-refractivity contribution in [3.05, 3.63) is 113 Å². The maximum atomic E-state index is 2.73. The second-order valence-corrected chi connectivity index (χ2v) is 24.1. The number of hydrogen-bond donors (Lipinski definition) is 0. The molecule has 0 saturated carbocycles. The summed E-state index contributed by atoms with van der Waals surface area (Å²) in [6, 6.07) is 23.0. The Morgan fingerprint density at radius 1 is 0.556 bits per heavy atom. The average Bonchev–Trinajstić information content (AvgIpc) is 3.15. The van der Waals surface area contributed by atoms with Gasteiger partial charge in [-0.15, -0.1) is 0 Å². The molecule has 2 atom stereocenters. The van der Waals surface area contributed by atoms with Crippen LogP contribution in [-0.4, -0.2) is 8.07 Å². The molecule has 2 aromatic carbocycles. The van der Waals surface area contributed by atoms with Crippen molar-refractivity contribution >= 4 is 8.07 Å². The quantitative estimate of drug-likeness (QED) is 0.346. The summed E-state index contributed by atoms with van der Waals surface area (Å²) in [6.07, 6.45) is 0. The molecule has 5 rings (SSSR count). The zero-order valence-corrected chi connectivity index (χ0v) is 26.7. The van der Waals surface area contributed by atoms with E-state index in [1.165, 1.54) is 20.6 Å². The molecule has 0 aromatic heterocycles. The van der Waals surface area contributed by atoms with Crippen LogP contribution < -0.4 is 0 Å². The molecule has 0 amide bonds. The third kappa shape index (κ3) is 3.03. The summed E-state index contributed by atoms with van der Waals surface area (Å²) >= 11 is -3.01. The zero-order valence-electron chi connectivity index (χ0n) is 24.2. The topological polar surface area (TPSA) is 0 Å². The average molecular weight is 529 g/mol. The number of rotatable bonds is 4. The van der Waals surface area contributed by atoms with Crippen molar-refractivity contribution in [2.75, 3.05) is 0 Å². The molecule has 0 spiro atoms. The van der Waals surface area contributed by atoms with E-state index in [1.807, 2.05) is 7.76 Å². The van der Waals surface area contributed by atoms with E-state index in [0.717, 1.165) is 0 Å². The van der Waals surface area contributed by atoms with Crippen LogP contribution >= 0.6 is 0 Å². The van der Waals surface area contributed by atoms with E-state index in [4.69, 9.17) is 0 Å². The SMILES string of the molecule is CC1=C(C)C2(C)[C](=C1C)[Ti]([CH2]c1ccccc1)([CH2]c1ccccc1)[C]1=C(C)C(C)=C(C)C1(C)[Si]2(C)C. The molecule has 0 nitrogen and oxygen atoms in total. The first kappa shape index (κ1) is 26.0. The Kier molecular flexibility index (Phi) is 6.07. The molecule has 188 valence electrons. The van der Waals surface area contributed by atoms with Crippen LogP contribution in [0.25, 0.3) is 0 Å². The zero-order chi connectivity index (χ0) is 26.3. The first-order chi connectivity index (χ1) is 16.9. The van der Waals surface area contributed by atoms with Gasteiger partial charge in [-0.05, 0) is 0 Å². The van der Waals surface area contributed by atoms with Gasteiger partial charge in [0.05, 0.1) is 0 Å². The van der Waals surface area contributed by atoms with Crippen molar-refractivity contribution in [3.63, 3.8) is 0 Å². The molecule has 1 aliphatic heterocycles. The Morgan fingerprint density at radius 3 is 1.22 bits per heavy atom. The molecule has 0 N–H and O–H groups in total. The van der Waals surface area contributed by atoms with E-state index in [-0.39, 0.29) is 10.1 Å². The molecule has 2 heteroatoms. The summed E-state index contributed by atoms with van der Waals surface area (Å²) in [4.78, 5) is 0. The van der Waals surface area contributed by atoms with E-state index in [9.17, 15) is 0 Å². The van der Waals surface area contributed by atoms with E-state index in [0.29, 0.717) is 0 Å². The Morgan fingerprint density at radius 2 is 0.889 bits per heavy atom. The Hall–Kier alpha value is -1.67. The first-order valence-electron chi connectivity index (χ1n) is 13.7. The summed E-state index contributed by atoms with van der Waals surface area (Å²) < 4.78 is 6.34. The third-order valence-electron chi connectivity index (χ3n) is 11.7. The first-order valence-corrected chi connectivity index (χ1v) is 20.5. The van der Waals surface area contributed by atoms with Crippen molar-refractivity contribution < 1.29 is 16.6 Å². The van der Waals surface area contributed by atoms with Gasteiger partial charge in [0.15, 0.2) is 0 Å². The summed E-state index contributed by atoms with van der Waals surface area (Å²) in [5, 5.41) is 0.407. The summed E-state index contributed by atoms with van der Waals surface area (Å²) in [7, 11) is -1.90. The number of benzene rings is 2. The van der Waals surface area contributed by atoms with Crippen molar-refractivity contribution in [3.8, 4) is 0 Å². The molecular formula is C34H44SiTi. The van der Waals surface area contributed by atoms with Gasteiger partial charge in [0, 0.05) is 0 Å². The Labute approximate surface area is 224 Å². The molecule has 2 aromatic rings. The molecular weight excluding hydrogens is 484 g/mol. The fraction of sp³-hybridized carbons (Fsp3) is 0.412. The van der Waals surface area contributed by atoms with E-state index < -0.39 is 24.7 Å². The molecule has 1 saturated heterocycles. The van der Waals surface area contributed by atoms with Crippen LogP contribution in [0.4, 0.5) is 0 Å². The van der Waals surface area contributed by atoms with Gasteiger partial charge in [-0.2, -0.15) is 0 Å². The minimum absolute atomic E-state index is 0.204. The molecule has 2 aliphatic carbocycles. The fourth-order valence-corrected chi connectivity index (χ4v) is 29.8. The molecule has 36 heavy (non-hydrogen) atoms. The fourth-order valence-electron chi connectivity index (χ4n) is 8.98. The van der Waals surface area contributed by atoms with Gasteiger partial charge in [0.1, 0.15) is 0 Å². The van der Waals surface area contributed by atoms with Gasteiger partial charge < -0.3 is 0 Å². The van der Waals surface area contributed by atoms with Gasteiger partial charge in [-0.3, -0.25) is 0 Å². The third-order valence-corrected chi connectivity index (χ3v) is 27.6. The summed E-state index contributed by atoms with van der Waals surface area (Å²) in [5.74, 6) is 0. The maximum absolute atomic E-state index is 3.01. The number of allylic oxidation sites excluding steroid dienone is 8. The number of fused-ring (bicyclic) bond motifs is 2. The minimum atomic E-state index is -3.01. The number of hydrogen-bond acceptors (Lipinski definition) is 0. The van der Waals surface area contributed by atoms with Gasteiger partial charge in [0.25, 0.3) is 0 Å². The van der Waals surface area contributed by atoms with Gasteiger partial charge >= 0.3 is 226 Å². The van der Waals surface area contributed by atoms with Crippen LogP contribution in [0, 0.1) is 0 Å². The molecule has 1 heterocycles. The van der Waals surface area contributed by atoms with Crippen molar-refractivity contribution in [1.29, 1.82) is 0 Å². The second-order valence-electron chi connectivity index (χ2n) is 12.8. The van der Waals surface area contributed by atoms with Crippen molar-refractivity contribution in [1.82, 2.24) is 0 Å². The molecule has 0 radical (unpaired) electrons. The normalized spacial score (nSPS) is 28.7. The molecule has 2 unspecified atom stereocenters. The van der Waals surface area contributed by atoms with Crippen LogP contribution in [0.15, 0.2) is 102 Å². The standard InChI is InChI=1S/C20H30Si.2C7H7.Ti/c1-13-11-19(7,17(5)15(13)3)21(9,10)20(8)12-14(2)16(4)18(20)6;2*1-7-5-3-2-4-6-7;/h1-10H3;2*2-6H,1H2;. The second kappa shape index (κ2) is 8.42. The van der Waals surface area contributed by atoms with Crippen LogP contribution in [0.5, 0.6) is 0 Å². The van der Waals surface area contributed by atoms with Gasteiger partial charge in [-0.25, -0.2) is 0 Å². The monoisotopic (exact) mass is 528 g/mol. The Bertz CT molecular complexity index is 1260.